The van der Waals surface area contributed by atoms with Crippen LogP contribution in [0.15, 0.2) is 23.3 Å². The molecule has 0 aromatic rings. The molecule has 0 saturated heterocycles. The van der Waals surface area contributed by atoms with Gasteiger partial charge in [0.25, 0.3) is 0 Å². The van der Waals surface area contributed by atoms with Gasteiger partial charge >= 0.3 is 0 Å². The van der Waals surface area contributed by atoms with E-state index in [0.29, 0.717) is 23.4 Å². The number of hydrogen-bond donors (Lipinski definition) is 1. The summed E-state index contributed by atoms with van der Waals surface area (Å²) in [5.41, 5.74) is 0.439. The number of aliphatic hydroxyl groups excluding tert-OH is 1. The third-order valence-electron chi connectivity index (χ3n) is 11.1. The van der Waals surface area contributed by atoms with Crippen LogP contribution < -0.4 is 0 Å². The smallest absolute Gasteiger partial charge is 0.146 e. The lowest BCUT2D eigenvalue weighted by atomic mass is 9.44. The number of ketones is 1. The molecule has 6 heteroatoms. The number of carbonyl (C=O) groups is 1. The molecule has 4 fully saturated rings. The predicted molar refractivity (Wildman–Crippen MR) is 157 cm³/mol. The summed E-state index contributed by atoms with van der Waals surface area (Å²) in [4.78, 5) is 17.1. The van der Waals surface area contributed by atoms with Gasteiger partial charge in [-0.3, -0.25) is 4.79 Å². The molecule has 5 aliphatic rings. The van der Waals surface area contributed by atoms with Gasteiger partial charge in [0, 0.05) is 30.2 Å². The molecule has 1 heterocycles. The molecule has 9 atom stereocenters. The maximum absolute atomic E-state index is 13.6. The van der Waals surface area contributed by atoms with Crippen LogP contribution in [0.1, 0.15) is 78.6 Å². The number of hydrogen-bond acceptors (Lipinski definition) is 5. The van der Waals surface area contributed by atoms with Crippen LogP contribution in [0.25, 0.3) is 0 Å². The van der Waals surface area contributed by atoms with Gasteiger partial charge in [-0.25, -0.2) is 0 Å². The minimum atomic E-state index is -0.301. The van der Waals surface area contributed by atoms with Crippen molar-refractivity contribution in [1.29, 1.82) is 0 Å². The summed E-state index contributed by atoms with van der Waals surface area (Å²) >= 11 is 4.13. The highest BCUT2D eigenvalue weighted by Crippen LogP contribution is 2.67. The molecule has 0 spiro atoms. The maximum Gasteiger partial charge on any atom is 0.146 e. The van der Waals surface area contributed by atoms with Gasteiger partial charge in [-0.2, -0.15) is 0 Å². The van der Waals surface area contributed by atoms with Crippen LogP contribution in [-0.2, 0) is 9.53 Å². The molecule has 1 aliphatic heterocycles. The zero-order chi connectivity index (χ0) is 25.5. The molecule has 36 heavy (non-hydrogen) atoms. The molecule has 0 radical (unpaired) electrons. The first-order valence-corrected chi connectivity index (χ1v) is 16.9. The van der Waals surface area contributed by atoms with Gasteiger partial charge in [0.15, 0.2) is 0 Å². The number of carbonyl (C=O) groups excluding carboxylic acids is 1. The third-order valence-corrected chi connectivity index (χ3v) is 13.0. The molecule has 0 amide bonds. The predicted octanol–water partition coefficient (Wildman–Crippen LogP) is 6.82. The summed E-state index contributed by atoms with van der Waals surface area (Å²) in [6.07, 6.45) is 16.5. The molecule has 1 unspecified atom stereocenters. The van der Waals surface area contributed by atoms with Crippen molar-refractivity contribution in [1.82, 2.24) is 4.90 Å². The molecular formula is C30H46INO3S. The van der Waals surface area contributed by atoms with Crippen LogP contribution in [-0.4, -0.2) is 51.5 Å². The van der Waals surface area contributed by atoms with E-state index in [4.69, 9.17) is 4.74 Å². The number of fused-ring (bicyclic) bond motifs is 5. The largest absolute Gasteiger partial charge is 0.390 e. The molecular weight excluding hydrogens is 581 g/mol. The fraction of sp³-hybridized carbons (Fsp3) is 0.833. The molecule has 202 valence electrons. The van der Waals surface area contributed by atoms with E-state index in [1.807, 2.05) is 0 Å². The minimum Gasteiger partial charge on any atom is -0.390 e. The van der Waals surface area contributed by atoms with Crippen molar-refractivity contribution in [2.45, 2.75) is 90.8 Å². The number of rotatable bonds is 8. The van der Waals surface area contributed by atoms with Crippen molar-refractivity contribution in [3.8, 4) is 0 Å². The number of allylic oxidation sites excluding steroid dienone is 1. The average Bonchev–Trinajstić information content (AvgIpc) is 3.24. The monoisotopic (exact) mass is 627 g/mol. The standard InChI is InChI=1S/C30H46INO3S/c1-4-15-35-28-17-30(3)20(16-26(28)33)5-6-22-23-7-8-25(29(23,2)12-9-24(22)30)27(34)18-36-21-10-13-32(19-31)14-11-21/h10-11,13,20,22-26,28,33H,4-9,12,14-19H2,1-3H3/t20-,22-,23-,24-,25+,26-,28?,29-,30-/m0/s1. The van der Waals surface area contributed by atoms with Crippen LogP contribution in [0.4, 0.5) is 0 Å². The van der Waals surface area contributed by atoms with E-state index < -0.39 is 0 Å². The van der Waals surface area contributed by atoms with Gasteiger partial charge in [-0.05, 0) is 98.4 Å². The van der Waals surface area contributed by atoms with E-state index in [1.54, 1.807) is 11.8 Å². The Morgan fingerprint density at radius 1 is 1.19 bits per heavy atom. The quantitative estimate of drug-likeness (QED) is 0.182. The van der Waals surface area contributed by atoms with Gasteiger partial charge in [0.2, 0.25) is 0 Å². The lowest BCUT2D eigenvalue weighted by Crippen LogP contribution is -2.57. The Morgan fingerprint density at radius 3 is 2.72 bits per heavy atom. The summed E-state index contributed by atoms with van der Waals surface area (Å²) in [5.74, 6) is 4.10. The van der Waals surface area contributed by atoms with Crippen LogP contribution in [0.2, 0.25) is 0 Å². The third kappa shape index (κ3) is 4.99. The first-order chi connectivity index (χ1) is 17.3. The lowest BCUT2D eigenvalue weighted by Gasteiger charge is -2.61. The van der Waals surface area contributed by atoms with E-state index in [0.717, 1.165) is 55.2 Å². The Hall–Kier alpha value is -0.0500. The van der Waals surface area contributed by atoms with E-state index in [1.165, 1.54) is 37.0 Å². The van der Waals surface area contributed by atoms with Gasteiger partial charge in [-0.1, -0.05) is 49.4 Å². The van der Waals surface area contributed by atoms with Gasteiger partial charge in [0.05, 0.1) is 22.5 Å². The number of thioether (sulfide) groups is 1. The zero-order valence-corrected chi connectivity index (χ0v) is 25.4. The highest BCUT2D eigenvalue weighted by Gasteiger charge is 2.62. The molecule has 1 N–H and O–H groups in total. The molecule has 0 bridgehead atoms. The second kappa shape index (κ2) is 11.2. The second-order valence-corrected chi connectivity index (χ2v) is 14.5. The Morgan fingerprint density at radius 2 is 2.00 bits per heavy atom. The Labute approximate surface area is 236 Å². The maximum atomic E-state index is 13.6. The van der Waals surface area contributed by atoms with E-state index in [-0.39, 0.29) is 29.0 Å². The molecule has 5 rings (SSSR count). The summed E-state index contributed by atoms with van der Waals surface area (Å²) in [6.45, 7) is 8.85. The van der Waals surface area contributed by atoms with Crippen molar-refractivity contribution in [3.05, 3.63) is 23.3 Å². The minimum absolute atomic E-state index is 0.000267. The van der Waals surface area contributed by atoms with Gasteiger partial charge < -0.3 is 14.7 Å². The van der Waals surface area contributed by atoms with Gasteiger partial charge in [-0.15, -0.1) is 11.8 Å². The van der Waals surface area contributed by atoms with Crippen LogP contribution in [0, 0.1) is 40.4 Å². The van der Waals surface area contributed by atoms with Gasteiger partial charge in [0.1, 0.15) is 5.78 Å². The number of Topliss-reactive ketones (excluding diaryl/α,β-unsaturated/α-hetero) is 1. The number of alkyl halides is 1. The molecule has 0 aromatic heterocycles. The van der Waals surface area contributed by atoms with Crippen LogP contribution in [0.3, 0.4) is 0 Å². The van der Waals surface area contributed by atoms with E-state index >= 15 is 0 Å². The first kappa shape index (κ1) is 27.5. The molecule has 4 saturated carbocycles. The summed E-state index contributed by atoms with van der Waals surface area (Å²) in [7, 11) is 0. The Bertz CT molecular complexity index is 878. The molecule has 4 aliphatic carbocycles. The highest BCUT2D eigenvalue weighted by molar-refractivity contribution is 14.1. The highest BCUT2D eigenvalue weighted by atomic mass is 127. The Kier molecular flexibility index (Phi) is 8.57. The SMILES string of the molecule is CCCOC1C[C@@]2(C)[C@@H](CC[C@@H]3[C@@H]2CC[C@]2(C)[C@@H](C(=O)CSC4=CCN(CI)C=C4)CC[C@@H]32)C[C@@H]1O. The molecule has 4 nitrogen and oxygen atoms in total. The topological polar surface area (TPSA) is 49.8 Å². The van der Waals surface area contributed by atoms with Crippen molar-refractivity contribution in [3.63, 3.8) is 0 Å². The number of aliphatic hydroxyl groups is 1. The normalized spacial score (nSPS) is 44.0. The summed E-state index contributed by atoms with van der Waals surface area (Å²) in [6, 6.07) is 0. The number of halogens is 1. The fourth-order valence-corrected chi connectivity index (χ4v) is 10.6. The summed E-state index contributed by atoms with van der Waals surface area (Å²) < 4.78 is 7.17. The van der Waals surface area contributed by atoms with E-state index in [2.05, 4.69) is 66.6 Å². The first-order valence-electron chi connectivity index (χ1n) is 14.4. The van der Waals surface area contributed by atoms with E-state index in [9.17, 15) is 9.90 Å². The fourth-order valence-electron chi connectivity index (χ4n) is 9.19. The zero-order valence-electron chi connectivity index (χ0n) is 22.5. The molecule has 0 aromatic carbocycles. The van der Waals surface area contributed by atoms with Crippen molar-refractivity contribution >= 4 is 40.1 Å². The number of ether oxygens (including phenoxy) is 1. The van der Waals surface area contributed by atoms with Crippen LogP contribution >= 0.6 is 34.4 Å². The lowest BCUT2D eigenvalue weighted by molar-refractivity contribution is -0.172. The summed E-state index contributed by atoms with van der Waals surface area (Å²) in [5, 5.41) is 10.8. The average molecular weight is 628 g/mol. The number of nitrogens with zero attached hydrogens (tertiary/aromatic N) is 1. The second-order valence-electron chi connectivity index (χ2n) is 12.8. The van der Waals surface area contributed by atoms with Crippen molar-refractivity contribution < 1.29 is 14.6 Å². The van der Waals surface area contributed by atoms with Crippen molar-refractivity contribution in [2.24, 2.45) is 40.4 Å². The Balaban J connectivity index is 1.25. The van der Waals surface area contributed by atoms with Crippen molar-refractivity contribution in [2.75, 3.05) is 23.5 Å². The van der Waals surface area contributed by atoms with Crippen LogP contribution in [0.5, 0.6) is 0 Å².